The number of likely N-dealkylation sites (tertiary alicyclic amines) is 1. The lowest BCUT2D eigenvalue weighted by Gasteiger charge is -2.25. The fraction of sp³-hybridized carbons (Fsp3) is 0.933. The van der Waals surface area contributed by atoms with Crippen molar-refractivity contribution in [2.24, 2.45) is 11.8 Å². The molecular weight excluding hydrogens is 240 g/mol. The number of hydrogen-bond donors (Lipinski definition) is 2. The van der Waals surface area contributed by atoms with Crippen molar-refractivity contribution in [3.63, 3.8) is 0 Å². The van der Waals surface area contributed by atoms with Crippen LogP contribution in [0.1, 0.15) is 46.5 Å². The van der Waals surface area contributed by atoms with Crippen molar-refractivity contribution in [1.29, 1.82) is 0 Å². The molecule has 1 heterocycles. The maximum atomic E-state index is 11.2. The van der Waals surface area contributed by atoms with E-state index >= 15 is 0 Å². The van der Waals surface area contributed by atoms with Gasteiger partial charge in [0.05, 0.1) is 0 Å². The summed E-state index contributed by atoms with van der Waals surface area (Å²) >= 11 is 0. The Bertz CT molecular complexity index is 269. The molecule has 1 aliphatic heterocycles. The van der Waals surface area contributed by atoms with Crippen LogP contribution in [0.3, 0.4) is 0 Å². The van der Waals surface area contributed by atoms with Gasteiger partial charge in [-0.15, -0.1) is 0 Å². The van der Waals surface area contributed by atoms with E-state index in [2.05, 4.69) is 31.0 Å². The summed E-state index contributed by atoms with van der Waals surface area (Å²) in [6, 6.07) is -0.421. The summed E-state index contributed by atoms with van der Waals surface area (Å²) in [6.45, 7) is 10.2. The molecule has 0 aromatic carbocycles. The van der Waals surface area contributed by atoms with Gasteiger partial charge in [-0.3, -0.25) is 4.79 Å². The van der Waals surface area contributed by atoms with E-state index in [0.717, 1.165) is 37.9 Å². The van der Waals surface area contributed by atoms with Crippen molar-refractivity contribution in [3.8, 4) is 0 Å². The van der Waals surface area contributed by atoms with E-state index in [-0.39, 0.29) is 0 Å². The van der Waals surface area contributed by atoms with Gasteiger partial charge in [-0.05, 0) is 57.2 Å². The molecule has 4 heteroatoms. The van der Waals surface area contributed by atoms with Crippen LogP contribution in [0.4, 0.5) is 0 Å². The highest BCUT2D eigenvalue weighted by molar-refractivity contribution is 5.73. The van der Waals surface area contributed by atoms with E-state index in [1.165, 1.54) is 19.3 Å². The highest BCUT2D eigenvalue weighted by Gasteiger charge is 2.24. The minimum absolute atomic E-state index is 0.421. The van der Waals surface area contributed by atoms with Crippen LogP contribution in [0.25, 0.3) is 0 Å². The van der Waals surface area contributed by atoms with Gasteiger partial charge in [-0.1, -0.05) is 20.8 Å². The lowest BCUT2D eigenvalue weighted by molar-refractivity contribution is -0.140. The third-order valence-corrected chi connectivity index (χ3v) is 4.19. The number of nitrogens with zero attached hydrogens (tertiary/aromatic N) is 1. The first kappa shape index (κ1) is 16.4. The molecular formula is C15H30N2O2. The van der Waals surface area contributed by atoms with E-state index in [1.807, 2.05) is 0 Å². The summed E-state index contributed by atoms with van der Waals surface area (Å²) in [6.07, 6.45) is 4.66. The molecule has 19 heavy (non-hydrogen) atoms. The minimum Gasteiger partial charge on any atom is -0.480 e. The summed E-state index contributed by atoms with van der Waals surface area (Å²) < 4.78 is 0. The molecule has 0 aromatic rings. The largest absolute Gasteiger partial charge is 0.480 e. The molecule has 2 N–H and O–H groups in total. The Labute approximate surface area is 117 Å². The van der Waals surface area contributed by atoms with Crippen LogP contribution in [0.5, 0.6) is 0 Å². The Balaban J connectivity index is 2.44. The maximum Gasteiger partial charge on any atom is 0.322 e. The van der Waals surface area contributed by atoms with Crippen molar-refractivity contribution in [2.75, 3.05) is 26.2 Å². The van der Waals surface area contributed by atoms with Crippen LogP contribution in [0.2, 0.25) is 0 Å². The standard InChI is InChI=1S/C15H30N2O2/c1-4-8-16-14(15(18)19)11-17-9-5-6-13(7-10-17)12(2)3/h12-14,16H,4-11H2,1-3H3,(H,18,19). The Kier molecular flexibility index (Phi) is 7.39. The van der Waals surface area contributed by atoms with Gasteiger partial charge in [-0.25, -0.2) is 0 Å². The van der Waals surface area contributed by atoms with Crippen LogP contribution in [-0.4, -0.2) is 48.2 Å². The summed E-state index contributed by atoms with van der Waals surface area (Å²) in [7, 11) is 0. The zero-order valence-electron chi connectivity index (χ0n) is 12.7. The fourth-order valence-electron chi connectivity index (χ4n) is 2.84. The molecule has 0 spiro atoms. The molecule has 0 bridgehead atoms. The Morgan fingerprint density at radius 3 is 2.68 bits per heavy atom. The molecule has 2 atom stereocenters. The minimum atomic E-state index is -0.724. The average Bonchev–Trinajstić information content (AvgIpc) is 2.59. The average molecular weight is 270 g/mol. The molecule has 0 radical (unpaired) electrons. The number of hydrogen-bond acceptors (Lipinski definition) is 3. The summed E-state index contributed by atoms with van der Waals surface area (Å²) in [4.78, 5) is 13.6. The van der Waals surface area contributed by atoms with Crippen molar-refractivity contribution in [2.45, 2.75) is 52.5 Å². The Hall–Kier alpha value is -0.610. The van der Waals surface area contributed by atoms with Gasteiger partial charge >= 0.3 is 5.97 Å². The zero-order valence-corrected chi connectivity index (χ0v) is 12.7. The predicted octanol–water partition coefficient (Wildman–Crippen LogP) is 2.20. The van der Waals surface area contributed by atoms with Gasteiger partial charge in [0.15, 0.2) is 0 Å². The van der Waals surface area contributed by atoms with Gasteiger partial charge in [0, 0.05) is 6.54 Å². The van der Waals surface area contributed by atoms with Crippen LogP contribution in [0, 0.1) is 11.8 Å². The molecule has 1 rings (SSSR count). The number of carbonyl (C=O) groups is 1. The summed E-state index contributed by atoms with van der Waals surface area (Å²) in [5.74, 6) is 0.823. The first-order valence-corrected chi connectivity index (χ1v) is 7.73. The van der Waals surface area contributed by atoms with Gasteiger partial charge in [-0.2, -0.15) is 0 Å². The second-order valence-electron chi connectivity index (χ2n) is 6.08. The number of rotatable bonds is 7. The van der Waals surface area contributed by atoms with Crippen molar-refractivity contribution in [3.05, 3.63) is 0 Å². The third kappa shape index (κ3) is 5.91. The Morgan fingerprint density at radius 1 is 1.37 bits per heavy atom. The van der Waals surface area contributed by atoms with Crippen LogP contribution >= 0.6 is 0 Å². The maximum absolute atomic E-state index is 11.2. The van der Waals surface area contributed by atoms with Gasteiger partial charge in [0.1, 0.15) is 6.04 Å². The first-order valence-electron chi connectivity index (χ1n) is 7.73. The lowest BCUT2D eigenvalue weighted by atomic mass is 9.89. The van der Waals surface area contributed by atoms with E-state index in [0.29, 0.717) is 6.54 Å². The second-order valence-corrected chi connectivity index (χ2v) is 6.08. The molecule has 4 nitrogen and oxygen atoms in total. The molecule has 0 amide bonds. The summed E-state index contributed by atoms with van der Waals surface area (Å²) in [5, 5.41) is 12.4. The molecule has 1 fully saturated rings. The number of carboxylic acid groups (broad SMARTS) is 1. The van der Waals surface area contributed by atoms with E-state index < -0.39 is 12.0 Å². The highest BCUT2D eigenvalue weighted by atomic mass is 16.4. The van der Waals surface area contributed by atoms with E-state index in [9.17, 15) is 9.90 Å². The van der Waals surface area contributed by atoms with Crippen molar-refractivity contribution < 1.29 is 9.90 Å². The number of nitrogens with one attached hydrogen (secondary N) is 1. The molecule has 1 saturated heterocycles. The predicted molar refractivity (Wildman–Crippen MR) is 78.3 cm³/mol. The molecule has 1 aliphatic rings. The topological polar surface area (TPSA) is 52.6 Å². The van der Waals surface area contributed by atoms with E-state index in [4.69, 9.17) is 0 Å². The van der Waals surface area contributed by atoms with E-state index in [1.54, 1.807) is 0 Å². The van der Waals surface area contributed by atoms with Crippen molar-refractivity contribution >= 4 is 5.97 Å². The first-order chi connectivity index (χ1) is 9.04. The SMILES string of the molecule is CCCNC(CN1CCCC(C(C)C)CC1)C(=O)O. The monoisotopic (exact) mass is 270 g/mol. The van der Waals surface area contributed by atoms with Gasteiger partial charge in [0.25, 0.3) is 0 Å². The molecule has 0 aliphatic carbocycles. The molecule has 112 valence electrons. The van der Waals surface area contributed by atoms with Gasteiger partial charge < -0.3 is 15.3 Å². The second kappa shape index (κ2) is 8.54. The highest BCUT2D eigenvalue weighted by Crippen LogP contribution is 2.24. The Morgan fingerprint density at radius 2 is 2.11 bits per heavy atom. The van der Waals surface area contributed by atoms with Gasteiger partial charge in [0.2, 0.25) is 0 Å². The van der Waals surface area contributed by atoms with Crippen molar-refractivity contribution in [1.82, 2.24) is 10.2 Å². The molecule has 0 saturated carbocycles. The van der Waals surface area contributed by atoms with Crippen LogP contribution in [-0.2, 0) is 4.79 Å². The lowest BCUT2D eigenvalue weighted by Crippen LogP contribution is -2.46. The van der Waals surface area contributed by atoms with Crippen LogP contribution < -0.4 is 5.32 Å². The smallest absolute Gasteiger partial charge is 0.322 e. The quantitative estimate of drug-likeness (QED) is 0.744. The summed E-state index contributed by atoms with van der Waals surface area (Å²) in [5.41, 5.74) is 0. The fourth-order valence-corrected chi connectivity index (χ4v) is 2.84. The third-order valence-electron chi connectivity index (χ3n) is 4.19. The molecule has 2 unspecified atom stereocenters. The number of aliphatic carboxylic acids is 1. The normalized spacial score (nSPS) is 23.3. The zero-order chi connectivity index (χ0) is 14.3. The molecule has 0 aromatic heterocycles. The van der Waals surface area contributed by atoms with Crippen LogP contribution in [0.15, 0.2) is 0 Å². The number of carboxylic acids is 1.